The van der Waals surface area contributed by atoms with Crippen LogP contribution in [0.3, 0.4) is 0 Å². The van der Waals surface area contributed by atoms with Crippen molar-refractivity contribution in [1.82, 2.24) is 10.6 Å². The first kappa shape index (κ1) is 11.4. The highest BCUT2D eigenvalue weighted by molar-refractivity contribution is 7.07. The molecule has 0 spiro atoms. The molecule has 1 heterocycles. The Labute approximate surface area is 99.0 Å². The van der Waals surface area contributed by atoms with E-state index in [0.717, 1.165) is 18.4 Å². The molecule has 1 aromatic rings. The largest absolute Gasteiger partial charge is 0.375 e. The second kappa shape index (κ2) is 5.32. The fourth-order valence-electron chi connectivity index (χ4n) is 1.44. The molecular formula is C11H16N2O2S. The second-order valence-electron chi connectivity index (χ2n) is 3.91. The molecular weight excluding hydrogens is 224 g/mol. The molecule has 2 amide bonds. The topological polar surface area (TPSA) is 50.4 Å². The van der Waals surface area contributed by atoms with Gasteiger partial charge in [0.1, 0.15) is 6.10 Å². The predicted octanol–water partition coefficient (Wildman–Crippen LogP) is 1.90. The standard InChI is InChI=1S/C11H16N2O2S/c1-15-10(8-4-5-16-7-8)6-12-11(14)13-9-2-3-9/h4-5,7,9-10H,2-3,6H2,1H3,(H2,12,13,14). The molecule has 1 aliphatic carbocycles. The molecule has 1 aliphatic rings. The maximum atomic E-state index is 11.4. The Kier molecular flexibility index (Phi) is 3.79. The zero-order valence-electron chi connectivity index (χ0n) is 9.23. The molecule has 0 aromatic carbocycles. The molecule has 88 valence electrons. The summed E-state index contributed by atoms with van der Waals surface area (Å²) in [5, 5.41) is 9.74. The average Bonchev–Trinajstić information content (AvgIpc) is 2.92. The summed E-state index contributed by atoms with van der Waals surface area (Å²) >= 11 is 1.63. The van der Waals surface area contributed by atoms with Crippen LogP contribution in [0.1, 0.15) is 24.5 Å². The van der Waals surface area contributed by atoms with Crippen molar-refractivity contribution in [3.63, 3.8) is 0 Å². The van der Waals surface area contributed by atoms with Gasteiger partial charge < -0.3 is 15.4 Å². The molecule has 1 unspecified atom stereocenters. The van der Waals surface area contributed by atoms with E-state index in [1.807, 2.05) is 16.8 Å². The van der Waals surface area contributed by atoms with Gasteiger partial charge in [-0.25, -0.2) is 4.79 Å². The monoisotopic (exact) mass is 240 g/mol. The summed E-state index contributed by atoms with van der Waals surface area (Å²) in [4.78, 5) is 11.4. The second-order valence-corrected chi connectivity index (χ2v) is 4.69. The van der Waals surface area contributed by atoms with Crippen LogP contribution in [0.5, 0.6) is 0 Å². The molecule has 1 saturated carbocycles. The lowest BCUT2D eigenvalue weighted by Gasteiger charge is -2.15. The summed E-state index contributed by atoms with van der Waals surface area (Å²) < 4.78 is 5.33. The van der Waals surface area contributed by atoms with Crippen LogP contribution in [0.2, 0.25) is 0 Å². The first-order valence-corrected chi connectivity index (χ1v) is 6.33. The number of carbonyl (C=O) groups is 1. The highest BCUT2D eigenvalue weighted by Crippen LogP contribution is 2.19. The molecule has 1 atom stereocenters. The zero-order chi connectivity index (χ0) is 11.4. The number of ether oxygens (including phenoxy) is 1. The Balaban J connectivity index is 1.76. The van der Waals surface area contributed by atoms with Crippen LogP contribution in [0.4, 0.5) is 4.79 Å². The number of hydrogen-bond donors (Lipinski definition) is 2. The van der Waals surface area contributed by atoms with Gasteiger partial charge in [-0.2, -0.15) is 11.3 Å². The van der Waals surface area contributed by atoms with Crippen LogP contribution in [0.15, 0.2) is 16.8 Å². The van der Waals surface area contributed by atoms with Gasteiger partial charge in [-0.15, -0.1) is 0 Å². The van der Waals surface area contributed by atoms with Gasteiger partial charge in [0.2, 0.25) is 0 Å². The maximum Gasteiger partial charge on any atom is 0.315 e. The van der Waals surface area contributed by atoms with Gasteiger partial charge in [-0.3, -0.25) is 0 Å². The molecule has 1 aromatic heterocycles. The smallest absolute Gasteiger partial charge is 0.315 e. The number of amides is 2. The third-order valence-corrected chi connectivity index (χ3v) is 3.26. The Morgan fingerprint density at radius 2 is 2.50 bits per heavy atom. The van der Waals surface area contributed by atoms with Crippen LogP contribution in [-0.2, 0) is 4.74 Å². The first-order chi connectivity index (χ1) is 7.79. The minimum Gasteiger partial charge on any atom is -0.375 e. The van der Waals surface area contributed by atoms with Crippen LogP contribution >= 0.6 is 11.3 Å². The Bertz CT molecular complexity index is 336. The van der Waals surface area contributed by atoms with Gasteiger partial charge >= 0.3 is 6.03 Å². The van der Waals surface area contributed by atoms with E-state index in [4.69, 9.17) is 4.74 Å². The SMILES string of the molecule is COC(CNC(=O)NC1CC1)c1ccsc1. The average molecular weight is 240 g/mol. The van der Waals surface area contributed by atoms with Crippen LogP contribution in [0.25, 0.3) is 0 Å². The van der Waals surface area contributed by atoms with Gasteiger partial charge in [0.15, 0.2) is 0 Å². The molecule has 0 radical (unpaired) electrons. The quantitative estimate of drug-likeness (QED) is 0.826. The van der Waals surface area contributed by atoms with Gasteiger partial charge in [-0.05, 0) is 35.2 Å². The Hall–Kier alpha value is -1.07. The lowest BCUT2D eigenvalue weighted by Crippen LogP contribution is -2.39. The number of urea groups is 1. The zero-order valence-corrected chi connectivity index (χ0v) is 10.0. The van der Waals surface area contributed by atoms with Crippen molar-refractivity contribution >= 4 is 17.4 Å². The molecule has 4 nitrogen and oxygen atoms in total. The van der Waals surface area contributed by atoms with Crippen molar-refractivity contribution in [2.24, 2.45) is 0 Å². The number of rotatable bonds is 5. The molecule has 0 bridgehead atoms. The third-order valence-electron chi connectivity index (χ3n) is 2.56. The molecule has 1 fully saturated rings. The molecule has 2 N–H and O–H groups in total. The number of nitrogens with one attached hydrogen (secondary N) is 2. The number of methoxy groups -OCH3 is 1. The van der Waals surface area contributed by atoms with E-state index in [1.165, 1.54) is 0 Å². The van der Waals surface area contributed by atoms with Gasteiger partial charge in [0, 0.05) is 19.7 Å². The molecule has 0 saturated heterocycles. The molecule has 0 aliphatic heterocycles. The van der Waals surface area contributed by atoms with Crippen molar-refractivity contribution in [2.75, 3.05) is 13.7 Å². The van der Waals surface area contributed by atoms with E-state index < -0.39 is 0 Å². The number of hydrogen-bond acceptors (Lipinski definition) is 3. The van der Waals surface area contributed by atoms with Gasteiger partial charge in [-0.1, -0.05) is 0 Å². The third kappa shape index (κ3) is 3.21. The van der Waals surface area contributed by atoms with Gasteiger partial charge in [0.05, 0.1) is 0 Å². The van der Waals surface area contributed by atoms with Crippen molar-refractivity contribution in [3.8, 4) is 0 Å². The summed E-state index contributed by atoms with van der Waals surface area (Å²) in [6.07, 6.45) is 2.15. The Morgan fingerprint density at radius 3 is 3.06 bits per heavy atom. The summed E-state index contributed by atoms with van der Waals surface area (Å²) in [6, 6.07) is 2.31. The summed E-state index contributed by atoms with van der Waals surface area (Å²) in [6.45, 7) is 0.506. The van der Waals surface area contributed by atoms with Crippen molar-refractivity contribution in [2.45, 2.75) is 25.0 Å². The number of carbonyl (C=O) groups excluding carboxylic acids is 1. The van der Waals surface area contributed by atoms with Gasteiger partial charge in [0.25, 0.3) is 0 Å². The normalized spacial score (nSPS) is 16.8. The lowest BCUT2D eigenvalue weighted by molar-refractivity contribution is 0.104. The first-order valence-electron chi connectivity index (χ1n) is 5.39. The van der Waals surface area contributed by atoms with Crippen molar-refractivity contribution < 1.29 is 9.53 Å². The van der Waals surface area contributed by atoms with Crippen molar-refractivity contribution in [1.29, 1.82) is 0 Å². The van der Waals surface area contributed by atoms with E-state index in [1.54, 1.807) is 18.4 Å². The van der Waals surface area contributed by atoms with E-state index in [9.17, 15) is 4.79 Å². The molecule has 5 heteroatoms. The summed E-state index contributed by atoms with van der Waals surface area (Å²) in [5.41, 5.74) is 1.11. The molecule has 2 rings (SSSR count). The van der Waals surface area contributed by atoms with Crippen molar-refractivity contribution in [3.05, 3.63) is 22.4 Å². The number of thiophene rings is 1. The van der Waals surface area contributed by atoms with E-state index >= 15 is 0 Å². The highest BCUT2D eigenvalue weighted by Gasteiger charge is 2.23. The fraction of sp³-hybridized carbons (Fsp3) is 0.545. The van der Waals surface area contributed by atoms with Crippen LogP contribution in [-0.4, -0.2) is 25.7 Å². The summed E-state index contributed by atoms with van der Waals surface area (Å²) in [7, 11) is 1.66. The van der Waals surface area contributed by atoms with E-state index in [2.05, 4.69) is 10.6 Å². The minimum absolute atomic E-state index is 0.0591. The highest BCUT2D eigenvalue weighted by atomic mass is 32.1. The van der Waals surface area contributed by atoms with E-state index in [0.29, 0.717) is 12.6 Å². The fourth-order valence-corrected chi connectivity index (χ4v) is 2.15. The van der Waals surface area contributed by atoms with Crippen LogP contribution in [0, 0.1) is 0 Å². The maximum absolute atomic E-state index is 11.4. The lowest BCUT2D eigenvalue weighted by atomic mass is 10.2. The molecule has 16 heavy (non-hydrogen) atoms. The Morgan fingerprint density at radius 1 is 1.69 bits per heavy atom. The minimum atomic E-state index is -0.0974. The van der Waals surface area contributed by atoms with Crippen LogP contribution < -0.4 is 10.6 Å². The summed E-state index contributed by atoms with van der Waals surface area (Å²) in [5.74, 6) is 0. The predicted molar refractivity (Wildman–Crippen MR) is 63.6 cm³/mol. The van der Waals surface area contributed by atoms with E-state index in [-0.39, 0.29) is 12.1 Å².